The Hall–Kier alpha value is -0.630. The van der Waals surface area contributed by atoms with Crippen molar-refractivity contribution in [3.05, 3.63) is 29.3 Å². The third-order valence-electron chi connectivity index (χ3n) is 6.50. The molecule has 3 atom stereocenters. The SMILES string of the molecule is CCCCCCCCC[PH+](CC(C)CCC(CC)CCC)c1cc(F)c(F)c(F)c1F. The van der Waals surface area contributed by atoms with E-state index in [0.29, 0.717) is 11.8 Å². The summed E-state index contributed by atoms with van der Waals surface area (Å²) in [5.74, 6) is -4.70. The van der Waals surface area contributed by atoms with Gasteiger partial charge in [-0.2, -0.15) is 4.39 Å². The highest BCUT2D eigenvalue weighted by atomic mass is 31.1. The van der Waals surface area contributed by atoms with Gasteiger partial charge in [0.25, 0.3) is 0 Å². The summed E-state index contributed by atoms with van der Waals surface area (Å²) in [5.41, 5.74) is 0. The summed E-state index contributed by atoms with van der Waals surface area (Å²) in [4.78, 5) is 0. The molecule has 0 amide bonds. The lowest BCUT2D eigenvalue weighted by Crippen LogP contribution is -2.19. The summed E-state index contributed by atoms with van der Waals surface area (Å²) >= 11 is 0. The monoisotopic (exact) mass is 463 g/mol. The van der Waals surface area contributed by atoms with E-state index in [1.165, 1.54) is 44.9 Å². The minimum absolute atomic E-state index is 0.111. The molecule has 0 aromatic heterocycles. The van der Waals surface area contributed by atoms with Crippen molar-refractivity contribution in [2.75, 3.05) is 12.3 Å². The molecule has 0 nitrogen and oxygen atoms in total. The van der Waals surface area contributed by atoms with Crippen LogP contribution in [0.15, 0.2) is 6.07 Å². The Bertz CT molecular complexity index is 620. The van der Waals surface area contributed by atoms with Crippen molar-refractivity contribution in [2.24, 2.45) is 11.8 Å². The number of unbranched alkanes of at least 4 members (excludes halogenated alkanes) is 6. The number of rotatable bonds is 17. The van der Waals surface area contributed by atoms with Gasteiger partial charge in [0.1, 0.15) is 5.30 Å². The predicted octanol–water partition coefficient (Wildman–Crippen LogP) is 9.08. The Balaban J connectivity index is 2.79. The fraction of sp³-hybridized carbons (Fsp3) is 0.769. The lowest BCUT2D eigenvalue weighted by atomic mass is 9.92. The van der Waals surface area contributed by atoms with Crippen molar-refractivity contribution in [2.45, 2.75) is 105 Å². The number of hydrogen-bond acceptors (Lipinski definition) is 0. The van der Waals surface area contributed by atoms with Crippen LogP contribution in [0.2, 0.25) is 0 Å². The van der Waals surface area contributed by atoms with Gasteiger partial charge < -0.3 is 0 Å². The van der Waals surface area contributed by atoms with E-state index >= 15 is 0 Å². The van der Waals surface area contributed by atoms with Gasteiger partial charge in [-0.3, -0.25) is 0 Å². The topological polar surface area (TPSA) is 0 Å². The third kappa shape index (κ3) is 10.2. The van der Waals surface area contributed by atoms with E-state index in [4.69, 9.17) is 0 Å². The first-order valence-corrected chi connectivity index (χ1v) is 14.4. The van der Waals surface area contributed by atoms with Gasteiger partial charge >= 0.3 is 0 Å². The van der Waals surface area contributed by atoms with Gasteiger partial charge in [-0.05, 0) is 31.1 Å². The van der Waals surface area contributed by atoms with Crippen LogP contribution in [0.25, 0.3) is 0 Å². The summed E-state index contributed by atoms with van der Waals surface area (Å²) < 4.78 is 55.9. The van der Waals surface area contributed by atoms with Crippen LogP contribution in [0, 0.1) is 35.1 Å². The van der Waals surface area contributed by atoms with E-state index in [9.17, 15) is 17.6 Å². The molecule has 0 bridgehead atoms. The molecule has 1 rings (SSSR count). The fourth-order valence-corrected chi connectivity index (χ4v) is 7.64. The average molecular weight is 464 g/mol. The molecule has 5 heteroatoms. The predicted molar refractivity (Wildman–Crippen MR) is 129 cm³/mol. The van der Waals surface area contributed by atoms with Gasteiger partial charge in [0.15, 0.2) is 11.6 Å². The van der Waals surface area contributed by atoms with Crippen molar-refractivity contribution >= 4 is 13.2 Å². The molecule has 180 valence electrons. The molecule has 1 aromatic carbocycles. The average Bonchev–Trinajstić information content (AvgIpc) is 2.76. The standard InChI is InChI=1S/C26H43F4P/c1-5-8-9-10-11-12-13-17-31(19-20(4)15-16-21(7-3)14-6-2)23-18-22(27)24(28)26(30)25(23)29/h18,20-21H,5-17,19H2,1-4H3/p+1. The van der Waals surface area contributed by atoms with E-state index in [2.05, 4.69) is 27.7 Å². The molecule has 0 aliphatic rings. The second-order valence-corrected chi connectivity index (χ2v) is 11.9. The zero-order valence-corrected chi connectivity index (χ0v) is 21.1. The van der Waals surface area contributed by atoms with Gasteiger partial charge in [0.2, 0.25) is 11.6 Å². The maximum Gasteiger partial charge on any atom is 0.203 e. The zero-order valence-electron chi connectivity index (χ0n) is 20.1. The quantitative estimate of drug-likeness (QED) is 0.0710. The molecule has 0 saturated carbocycles. The number of benzene rings is 1. The zero-order chi connectivity index (χ0) is 23.2. The van der Waals surface area contributed by atoms with Gasteiger partial charge in [-0.15, -0.1) is 0 Å². The molecule has 0 spiro atoms. The molecule has 0 aliphatic heterocycles. The van der Waals surface area contributed by atoms with Crippen LogP contribution >= 0.6 is 7.92 Å². The first kappa shape index (κ1) is 28.4. The molecule has 3 unspecified atom stereocenters. The molecule has 0 heterocycles. The first-order valence-electron chi connectivity index (χ1n) is 12.5. The number of halogens is 4. The van der Waals surface area contributed by atoms with E-state index in [-0.39, 0.29) is 5.30 Å². The molecule has 0 N–H and O–H groups in total. The van der Waals surface area contributed by atoms with Crippen LogP contribution in [-0.2, 0) is 0 Å². The lowest BCUT2D eigenvalue weighted by molar-refractivity contribution is 0.389. The van der Waals surface area contributed by atoms with Crippen LogP contribution in [0.1, 0.15) is 105 Å². The lowest BCUT2D eigenvalue weighted by Gasteiger charge is -2.19. The highest BCUT2D eigenvalue weighted by Crippen LogP contribution is 2.41. The van der Waals surface area contributed by atoms with Crippen molar-refractivity contribution in [3.8, 4) is 0 Å². The highest BCUT2D eigenvalue weighted by Gasteiger charge is 2.31. The minimum atomic E-state index is -1.70. The Morgan fingerprint density at radius 3 is 2.00 bits per heavy atom. The smallest absolute Gasteiger partial charge is 0.203 e. The second-order valence-electron chi connectivity index (χ2n) is 9.27. The van der Waals surface area contributed by atoms with E-state index in [1.54, 1.807) is 0 Å². The van der Waals surface area contributed by atoms with Gasteiger partial charge in [0, 0.05) is 14.0 Å². The summed E-state index contributed by atoms with van der Waals surface area (Å²) in [6.07, 6.45) is 15.4. The highest BCUT2D eigenvalue weighted by molar-refractivity contribution is 7.65. The normalized spacial score (nSPS) is 14.6. The Morgan fingerprint density at radius 1 is 0.742 bits per heavy atom. The summed E-state index contributed by atoms with van der Waals surface area (Å²) in [5, 5.41) is 0.111. The van der Waals surface area contributed by atoms with Gasteiger partial charge in [0.05, 0.1) is 12.3 Å². The minimum Gasteiger partial charge on any atom is -0.203 e. The van der Waals surface area contributed by atoms with Crippen LogP contribution in [0.3, 0.4) is 0 Å². The molecule has 0 fully saturated rings. The van der Waals surface area contributed by atoms with E-state index in [1.807, 2.05) is 0 Å². The maximum absolute atomic E-state index is 14.6. The molecule has 31 heavy (non-hydrogen) atoms. The van der Waals surface area contributed by atoms with Crippen molar-refractivity contribution in [3.63, 3.8) is 0 Å². The first-order chi connectivity index (χ1) is 14.8. The van der Waals surface area contributed by atoms with Gasteiger partial charge in [-0.1, -0.05) is 85.5 Å². The van der Waals surface area contributed by atoms with Gasteiger partial charge in [-0.25, -0.2) is 13.2 Å². The van der Waals surface area contributed by atoms with Crippen LogP contribution in [-0.4, -0.2) is 12.3 Å². The molecule has 0 aliphatic carbocycles. The van der Waals surface area contributed by atoms with Crippen molar-refractivity contribution in [1.82, 2.24) is 0 Å². The third-order valence-corrected chi connectivity index (χ3v) is 9.77. The second kappa shape index (κ2) is 16.1. The maximum atomic E-state index is 14.6. The van der Waals surface area contributed by atoms with E-state index in [0.717, 1.165) is 50.5 Å². The van der Waals surface area contributed by atoms with Crippen molar-refractivity contribution < 1.29 is 17.6 Å². The number of hydrogen-bond donors (Lipinski definition) is 0. The van der Waals surface area contributed by atoms with Crippen molar-refractivity contribution in [1.29, 1.82) is 0 Å². The molecule has 0 radical (unpaired) electrons. The summed E-state index contributed by atoms with van der Waals surface area (Å²) in [6, 6.07) is 0.932. The van der Waals surface area contributed by atoms with E-state index < -0.39 is 31.2 Å². The largest absolute Gasteiger partial charge is 0.203 e. The molecular formula is C26H44F4P+. The Kier molecular flexibility index (Phi) is 14.7. The molecular weight excluding hydrogens is 419 g/mol. The van der Waals surface area contributed by atoms with Crippen LogP contribution in [0.4, 0.5) is 17.6 Å². The van der Waals surface area contributed by atoms with Crippen LogP contribution < -0.4 is 5.30 Å². The Labute approximate surface area is 189 Å². The summed E-state index contributed by atoms with van der Waals surface area (Å²) in [7, 11) is -1.50. The Morgan fingerprint density at radius 2 is 1.39 bits per heavy atom. The molecule has 1 aromatic rings. The molecule has 0 saturated heterocycles. The van der Waals surface area contributed by atoms with Crippen LogP contribution in [0.5, 0.6) is 0 Å². The summed E-state index contributed by atoms with van der Waals surface area (Å²) in [6.45, 7) is 8.79. The fourth-order valence-electron chi connectivity index (χ4n) is 4.48.